The van der Waals surface area contributed by atoms with Gasteiger partial charge in [-0.15, -0.1) is 0 Å². The quantitative estimate of drug-likeness (QED) is 0.359. The Kier molecular flexibility index (Phi) is 16.3. The number of unbranched alkanes of at least 4 members (excludes halogenated alkanes) is 9. The first-order valence-corrected chi connectivity index (χ1v) is 10.7. The van der Waals surface area contributed by atoms with Crippen LogP contribution in [0.15, 0.2) is 12.4 Å². The van der Waals surface area contributed by atoms with Crippen molar-refractivity contribution in [2.45, 2.75) is 90.0 Å². The third kappa shape index (κ3) is 16.4. The number of carboxylic acids is 2. The van der Waals surface area contributed by atoms with Gasteiger partial charge in [-0.3, -0.25) is 9.59 Å². The van der Waals surface area contributed by atoms with Crippen molar-refractivity contribution in [3.05, 3.63) is 12.4 Å². The Labute approximate surface area is 170 Å². The van der Waals surface area contributed by atoms with Crippen LogP contribution in [0.4, 0.5) is 0 Å². The summed E-state index contributed by atoms with van der Waals surface area (Å²) >= 11 is 0. The molecular formula is C21H41N3O4. The first-order chi connectivity index (χ1) is 13.4. The summed E-state index contributed by atoms with van der Waals surface area (Å²) < 4.78 is 0. The smallest absolute Gasteiger partial charge is 0.320 e. The largest absolute Gasteiger partial charge is 0.481 e. The zero-order valence-electron chi connectivity index (χ0n) is 17.8. The molecule has 164 valence electrons. The van der Waals surface area contributed by atoms with Gasteiger partial charge < -0.3 is 25.7 Å². The molecule has 4 N–H and O–H groups in total. The number of hydrogen-bond acceptors (Lipinski definition) is 5. The molecule has 1 atom stereocenters. The molecule has 7 heteroatoms. The summed E-state index contributed by atoms with van der Waals surface area (Å²) in [7, 11) is 2.13. The van der Waals surface area contributed by atoms with Gasteiger partial charge in [-0.2, -0.15) is 0 Å². The van der Waals surface area contributed by atoms with Crippen molar-refractivity contribution >= 4 is 11.9 Å². The Balaban J connectivity index is 0.000000621. The minimum Gasteiger partial charge on any atom is -0.481 e. The molecule has 0 unspecified atom stereocenters. The molecule has 0 aromatic rings. The van der Waals surface area contributed by atoms with Crippen LogP contribution in [0.2, 0.25) is 0 Å². The number of carboxylic acid groups (broad SMARTS) is 2. The van der Waals surface area contributed by atoms with E-state index in [1.807, 2.05) is 0 Å². The third-order valence-electron chi connectivity index (χ3n) is 4.72. The maximum Gasteiger partial charge on any atom is 0.320 e. The highest BCUT2D eigenvalue weighted by Crippen LogP contribution is 2.11. The van der Waals surface area contributed by atoms with Gasteiger partial charge in [0.1, 0.15) is 6.04 Å². The van der Waals surface area contributed by atoms with Crippen LogP contribution in [-0.2, 0) is 9.59 Å². The summed E-state index contributed by atoms with van der Waals surface area (Å²) in [5.74, 6) is -2.20. The lowest BCUT2D eigenvalue weighted by atomic mass is 10.1. The van der Waals surface area contributed by atoms with Crippen LogP contribution in [0.3, 0.4) is 0 Å². The van der Waals surface area contributed by atoms with Gasteiger partial charge in [-0.25, -0.2) is 0 Å². The van der Waals surface area contributed by atoms with E-state index >= 15 is 0 Å². The zero-order valence-corrected chi connectivity index (χ0v) is 17.8. The molecular weight excluding hydrogens is 358 g/mol. The van der Waals surface area contributed by atoms with E-state index in [0.29, 0.717) is 0 Å². The molecule has 1 aliphatic heterocycles. The van der Waals surface area contributed by atoms with Gasteiger partial charge in [0, 0.05) is 32.4 Å². The van der Waals surface area contributed by atoms with Crippen molar-refractivity contribution in [2.75, 3.05) is 20.3 Å². The molecule has 0 spiro atoms. The second kappa shape index (κ2) is 17.3. The van der Waals surface area contributed by atoms with Crippen LogP contribution in [0.25, 0.3) is 0 Å². The fourth-order valence-corrected chi connectivity index (χ4v) is 2.94. The third-order valence-corrected chi connectivity index (χ3v) is 4.72. The van der Waals surface area contributed by atoms with Gasteiger partial charge in [-0.1, -0.05) is 64.7 Å². The van der Waals surface area contributed by atoms with Crippen LogP contribution in [0.5, 0.6) is 0 Å². The van der Waals surface area contributed by atoms with E-state index in [0.717, 1.165) is 6.67 Å². The van der Waals surface area contributed by atoms with Crippen LogP contribution in [-0.4, -0.2) is 58.3 Å². The summed E-state index contributed by atoms with van der Waals surface area (Å²) in [6.45, 7) is 4.60. The van der Waals surface area contributed by atoms with Gasteiger partial charge in [0.25, 0.3) is 0 Å². The fourth-order valence-electron chi connectivity index (χ4n) is 2.94. The molecule has 0 saturated heterocycles. The highest BCUT2D eigenvalue weighted by Gasteiger charge is 2.12. The van der Waals surface area contributed by atoms with Gasteiger partial charge in [0.15, 0.2) is 0 Å². The van der Waals surface area contributed by atoms with E-state index in [9.17, 15) is 9.59 Å². The summed E-state index contributed by atoms with van der Waals surface area (Å²) in [4.78, 5) is 24.5. The van der Waals surface area contributed by atoms with E-state index in [-0.39, 0.29) is 12.8 Å². The predicted molar refractivity (Wildman–Crippen MR) is 113 cm³/mol. The van der Waals surface area contributed by atoms with Crippen molar-refractivity contribution < 1.29 is 19.8 Å². The molecule has 7 nitrogen and oxygen atoms in total. The minimum atomic E-state index is -1.17. The van der Waals surface area contributed by atoms with Crippen LogP contribution >= 0.6 is 0 Å². The summed E-state index contributed by atoms with van der Waals surface area (Å²) in [6.07, 6.45) is 18.4. The molecule has 0 amide bonds. The summed E-state index contributed by atoms with van der Waals surface area (Å²) in [5.41, 5.74) is 5.00. The molecule has 1 rings (SSSR count). The Hall–Kier alpha value is -1.76. The Bertz CT molecular complexity index is 443. The number of aliphatic carboxylic acids is 2. The Morgan fingerprint density at radius 1 is 0.964 bits per heavy atom. The average Bonchev–Trinajstić information content (AvgIpc) is 3.06. The maximum absolute atomic E-state index is 9.99. The molecule has 0 aromatic carbocycles. The first kappa shape index (κ1) is 26.2. The van der Waals surface area contributed by atoms with E-state index in [2.05, 4.69) is 36.2 Å². The molecule has 0 radical (unpaired) electrons. The van der Waals surface area contributed by atoms with E-state index in [1.165, 1.54) is 70.8 Å². The standard InChI is InChI=1S/C16H32N2.C5H9NO4/c1-3-4-5-6-7-8-9-10-11-12-13-18-15-14-17(2)16-18;6-3(5(9)10)1-2-4(7)8/h14-15H,3-13,16H2,1-2H3;3H,1-2,6H2,(H,7,8)(H,9,10)/t;3-/m.0/s1. The van der Waals surface area contributed by atoms with Crippen molar-refractivity contribution in [3.63, 3.8) is 0 Å². The number of carbonyl (C=O) groups is 2. The fraction of sp³-hybridized carbons (Fsp3) is 0.810. The average molecular weight is 400 g/mol. The number of nitrogens with zero attached hydrogens (tertiary/aromatic N) is 2. The number of rotatable bonds is 15. The predicted octanol–water partition coefficient (Wildman–Crippen LogP) is 3.85. The van der Waals surface area contributed by atoms with Crippen LogP contribution in [0.1, 0.15) is 84.0 Å². The molecule has 0 fully saturated rings. The molecule has 0 aromatic heterocycles. The van der Waals surface area contributed by atoms with Gasteiger partial charge in [-0.05, 0) is 12.8 Å². The molecule has 1 aliphatic rings. The molecule has 1 heterocycles. The van der Waals surface area contributed by atoms with Gasteiger partial charge >= 0.3 is 11.9 Å². The lowest BCUT2D eigenvalue weighted by Crippen LogP contribution is -2.30. The van der Waals surface area contributed by atoms with Gasteiger partial charge in [0.05, 0.1) is 6.67 Å². The van der Waals surface area contributed by atoms with Gasteiger partial charge in [0.2, 0.25) is 0 Å². The normalized spacial score (nSPS) is 14.0. The molecule has 28 heavy (non-hydrogen) atoms. The lowest BCUT2D eigenvalue weighted by molar-refractivity contribution is -0.139. The Morgan fingerprint density at radius 2 is 1.50 bits per heavy atom. The van der Waals surface area contributed by atoms with E-state index < -0.39 is 18.0 Å². The van der Waals surface area contributed by atoms with E-state index in [1.54, 1.807) is 0 Å². The maximum atomic E-state index is 9.99. The van der Waals surface area contributed by atoms with Crippen LogP contribution < -0.4 is 5.73 Å². The van der Waals surface area contributed by atoms with Crippen molar-refractivity contribution in [3.8, 4) is 0 Å². The summed E-state index contributed by atoms with van der Waals surface area (Å²) in [5, 5.41) is 16.3. The molecule has 0 saturated carbocycles. The van der Waals surface area contributed by atoms with Crippen molar-refractivity contribution in [2.24, 2.45) is 5.73 Å². The van der Waals surface area contributed by atoms with E-state index in [4.69, 9.17) is 15.9 Å². The van der Waals surface area contributed by atoms with Crippen molar-refractivity contribution in [1.29, 1.82) is 0 Å². The molecule has 0 aliphatic carbocycles. The van der Waals surface area contributed by atoms with Crippen molar-refractivity contribution in [1.82, 2.24) is 9.80 Å². The lowest BCUT2D eigenvalue weighted by Gasteiger charge is -2.17. The number of nitrogens with two attached hydrogens (primary N) is 1. The zero-order chi connectivity index (χ0) is 21.2. The SMILES string of the molecule is CCCCCCCCCCCCN1C=CN(C)C1.N[C@@H](CCC(=O)O)C(=O)O. The minimum absolute atomic E-state index is 0.0231. The highest BCUT2D eigenvalue weighted by molar-refractivity contribution is 5.74. The topological polar surface area (TPSA) is 107 Å². The molecule has 0 bridgehead atoms. The Morgan fingerprint density at radius 3 is 1.93 bits per heavy atom. The second-order valence-corrected chi connectivity index (χ2v) is 7.57. The van der Waals surface area contributed by atoms with Crippen LogP contribution in [0, 0.1) is 0 Å². The number of hydrogen-bond donors (Lipinski definition) is 3. The summed E-state index contributed by atoms with van der Waals surface area (Å²) in [6, 6.07) is -1.06. The second-order valence-electron chi connectivity index (χ2n) is 7.57. The monoisotopic (exact) mass is 399 g/mol. The highest BCUT2D eigenvalue weighted by atomic mass is 16.4. The first-order valence-electron chi connectivity index (χ1n) is 10.7.